The van der Waals surface area contributed by atoms with Gasteiger partial charge in [0.1, 0.15) is 5.69 Å². The quantitative estimate of drug-likeness (QED) is 0.848. The standard InChI is InChI=1S/C12H11NO4S2/c1-16-7-5-3-4-6(9(7)17-2)10-8(11(14)15)13-12(18)19-10/h3-5H,1-2H3,(H,13,18)(H,14,15). The molecule has 1 aromatic heterocycles. The summed E-state index contributed by atoms with van der Waals surface area (Å²) in [6, 6.07) is 5.28. The normalized spacial score (nSPS) is 10.2. The van der Waals surface area contributed by atoms with Crippen molar-refractivity contribution in [3.05, 3.63) is 27.8 Å². The van der Waals surface area contributed by atoms with Crippen molar-refractivity contribution < 1.29 is 19.4 Å². The van der Waals surface area contributed by atoms with Crippen LogP contribution >= 0.6 is 23.6 Å². The number of carbonyl (C=O) groups is 1. The molecule has 2 rings (SSSR count). The van der Waals surface area contributed by atoms with Gasteiger partial charge in [-0.15, -0.1) is 11.3 Å². The van der Waals surface area contributed by atoms with Gasteiger partial charge in [0.05, 0.1) is 19.1 Å². The van der Waals surface area contributed by atoms with Crippen LogP contribution in [0.25, 0.3) is 10.4 Å². The Hall–Kier alpha value is -1.86. The number of hydrogen-bond donors (Lipinski definition) is 2. The van der Waals surface area contributed by atoms with Crippen molar-refractivity contribution in [2.45, 2.75) is 0 Å². The fourth-order valence-electron chi connectivity index (χ4n) is 1.73. The maximum atomic E-state index is 11.2. The highest BCUT2D eigenvalue weighted by atomic mass is 32.1. The van der Waals surface area contributed by atoms with Crippen molar-refractivity contribution in [3.63, 3.8) is 0 Å². The third-order valence-electron chi connectivity index (χ3n) is 2.51. The number of H-pyrrole nitrogens is 1. The number of hydrogen-bond acceptors (Lipinski definition) is 5. The maximum Gasteiger partial charge on any atom is 0.353 e. The zero-order valence-electron chi connectivity index (χ0n) is 10.2. The van der Waals surface area contributed by atoms with Crippen molar-refractivity contribution in [1.82, 2.24) is 4.98 Å². The third kappa shape index (κ3) is 2.47. The molecule has 0 radical (unpaired) electrons. The van der Waals surface area contributed by atoms with Gasteiger partial charge in [-0.3, -0.25) is 0 Å². The lowest BCUT2D eigenvalue weighted by Gasteiger charge is -2.11. The largest absolute Gasteiger partial charge is 0.493 e. The number of para-hydroxylation sites is 1. The highest BCUT2D eigenvalue weighted by Gasteiger charge is 2.20. The molecule has 1 heterocycles. The molecule has 0 fully saturated rings. The lowest BCUT2D eigenvalue weighted by molar-refractivity contribution is 0.0692. The smallest absolute Gasteiger partial charge is 0.353 e. The minimum absolute atomic E-state index is 0.0570. The zero-order valence-corrected chi connectivity index (χ0v) is 11.9. The number of carboxylic acids is 1. The molecule has 1 aromatic carbocycles. The molecule has 0 saturated heterocycles. The van der Waals surface area contributed by atoms with Crippen molar-refractivity contribution in [3.8, 4) is 21.9 Å². The Balaban J connectivity index is 2.72. The number of aromatic carboxylic acids is 1. The Kier molecular flexibility index (Phi) is 3.87. The molecule has 2 aromatic rings. The summed E-state index contributed by atoms with van der Waals surface area (Å²) < 4.78 is 10.9. The Labute approximate surface area is 118 Å². The summed E-state index contributed by atoms with van der Waals surface area (Å²) in [4.78, 5) is 14.4. The number of nitrogens with one attached hydrogen (secondary N) is 1. The van der Waals surface area contributed by atoms with E-state index >= 15 is 0 Å². The summed E-state index contributed by atoms with van der Waals surface area (Å²) in [5.41, 5.74) is 0.693. The van der Waals surface area contributed by atoms with E-state index in [2.05, 4.69) is 4.98 Å². The zero-order chi connectivity index (χ0) is 14.0. The van der Waals surface area contributed by atoms with Crippen LogP contribution in [0.2, 0.25) is 0 Å². The number of ether oxygens (including phenoxy) is 2. The van der Waals surface area contributed by atoms with Crippen LogP contribution in [0.5, 0.6) is 11.5 Å². The average molecular weight is 297 g/mol. The second kappa shape index (κ2) is 5.41. The van der Waals surface area contributed by atoms with Crippen LogP contribution in [-0.2, 0) is 0 Å². The molecule has 7 heteroatoms. The molecule has 0 saturated carbocycles. The van der Waals surface area contributed by atoms with Gasteiger partial charge in [-0.2, -0.15) is 0 Å². The Morgan fingerprint density at radius 3 is 2.68 bits per heavy atom. The second-order valence-corrected chi connectivity index (χ2v) is 5.25. The molecule has 5 nitrogen and oxygen atoms in total. The number of carboxylic acid groups (broad SMARTS) is 1. The minimum Gasteiger partial charge on any atom is -0.493 e. The van der Waals surface area contributed by atoms with Crippen LogP contribution in [-0.4, -0.2) is 30.3 Å². The van der Waals surface area contributed by atoms with Gasteiger partial charge in [-0.25, -0.2) is 4.79 Å². The lowest BCUT2D eigenvalue weighted by Crippen LogP contribution is -2.00. The van der Waals surface area contributed by atoms with E-state index in [4.69, 9.17) is 21.7 Å². The van der Waals surface area contributed by atoms with Gasteiger partial charge in [0.2, 0.25) is 0 Å². The summed E-state index contributed by atoms with van der Waals surface area (Å²) in [5.74, 6) is -0.0411. The van der Waals surface area contributed by atoms with Crippen LogP contribution in [0.3, 0.4) is 0 Å². The van der Waals surface area contributed by atoms with Gasteiger partial charge in [0.15, 0.2) is 15.5 Å². The van der Waals surface area contributed by atoms with E-state index < -0.39 is 5.97 Å². The highest BCUT2D eigenvalue weighted by molar-refractivity contribution is 7.73. The minimum atomic E-state index is -1.06. The topological polar surface area (TPSA) is 71.6 Å². The molecule has 0 spiro atoms. The Bertz CT molecular complexity index is 675. The Morgan fingerprint density at radius 1 is 1.37 bits per heavy atom. The SMILES string of the molecule is COc1cccc(-c2sc(=S)[nH]c2C(=O)O)c1OC. The number of aromatic nitrogens is 1. The van der Waals surface area contributed by atoms with Crippen LogP contribution < -0.4 is 9.47 Å². The predicted molar refractivity (Wildman–Crippen MR) is 75.0 cm³/mol. The van der Waals surface area contributed by atoms with Crippen molar-refractivity contribution in [2.24, 2.45) is 0 Å². The molecule has 0 aliphatic rings. The average Bonchev–Trinajstić information content (AvgIpc) is 2.79. The number of rotatable bonds is 4. The fraction of sp³-hybridized carbons (Fsp3) is 0.167. The van der Waals surface area contributed by atoms with Gasteiger partial charge >= 0.3 is 5.97 Å². The molecule has 0 bridgehead atoms. The Morgan fingerprint density at radius 2 is 2.11 bits per heavy atom. The first kappa shape index (κ1) is 13.6. The fourth-order valence-corrected chi connectivity index (χ4v) is 2.94. The van der Waals surface area contributed by atoms with E-state index in [-0.39, 0.29) is 5.69 Å². The summed E-state index contributed by atoms with van der Waals surface area (Å²) in [6.07, 6.45) is 0. The van der Waals surface area contributed by atoms with Crippen LogP contribution in [0.4, 0.5) is 0 Å². The van der Waals surface area contributed by atoms with Crippen LogP contribution in [0.15, 0.2) is 18.2 Å². The first-order valence-corrected chi connectivity index (χ1v) is 6.48. The van der Waals surface area contributed by atoms with E-state index in [0.29, 0.717) is 25.9 Å². The number of aromatic amines is 1. The molecular formula is C12H11NO4S2. The molecule has 0 amide bonds. The highest BCUT2D eigenvalue weighted by Crippen LogP contribution is 2.41. The molecule has 2 N–H and O–H groups in total. The van der Waals surface area contributed by atoms with E-state index in [1.54, 1.807) is 18.2 Å². The first-order chi connectivity index (χ1) is 9.08. The van der Waals surface area contributed by atoms with Gasteiger partial charge in [0, 0.05) is 5.56 Å². The van der Waals surface area contributed by atoms with Gasteiger partial charge in [-0.1, -0.05) is 6.07 Å². The molecule has 0 aliphatic carbocycles. The van der Waals surface area contributed by atoms with E-state index in [0.717, 1.165) is 0 Å². The van der Waals surface area contributed by atoms with Crippen LogP contribution in [0.1, 0.15) is 10.5 Å². The summed E-state index contributed by atoms with van der Waals surface area (Å²) >= 11 is 6.20. The van der Waals surface area contributed by atoms with E-state index in [1.807, 2.05) is 0 Å². The number of benzene rings is 1. The monoisotopic (exact) mass is 297 g/mol. The molecule has 0 unspecified atom stereocenters. The third-order valence-corrected chi connectivity index (χ3v) is 3.78. The second-order valence-electron chi connectivity index (χ2n) is 3.56. The summed E-state index contributed by atoms with van der Waals surface area (Å²) in [6.45, 7) is 0. The molecule has 100 valence electrons. The van der Waals surface area contributed by atoms with Crippen molar-refractivity contribution >= 4 is 29.5 Å². The van der Waals surface area contributed by atoms with Crippen molar-refractivity contribution in [2.75, 3.05) is 14.2 Å². The molecular weight excluding hydrogens is 286 g/mol. The molecule has 19 heavy (non-hydrogen) atoms. The van der Waals surface area contributed by atoms with E-state index in [9.17, 15) is 9.90 Å². The first-order valence-electron chi connectivity index (χ1n) is 5.26. The number of methoxy groups -OCH3 is 2. The lowest BCUT2D eigenvalue weighted by atomic mass is 10.1. The van der Waals surface area contributed by atoms with Gasteiger partial charge in [-0.05, 0) is 24.4 Å². The molecule has 0 aliphatic heterocycles. The van der Waals surface area contributed by atoms with Crippen molar-refractivity contribution in [1.29, 1.82) is 0 Å². The maximum absolute atomic E-state index is 11.2. The van der Waals surface area contributed by atoms with Crippen LogP contribution in [0, 0.1) is 3.95 Å². The number of thiazole rings is 1. The van der Waals surface area contributed by atoms with Gasteiger partial charge < -0.3 is 19.6 Å². The summed E-state index contributed by atoms with van der Waals surface area (Å²) in [7, 11) is 3.03. The van der Waals surface area contributed by atoms with Gasteiger partial charge in [0.25, 0.3) is 0 Å². The summed E-state index contributed by atoms with van der Waals surface area (Å²) in [5, 5.41) is 9.19. The van der Waals surface area contributed by atoms with E-state index in [1.165, 1.54) is 25.6 Å². The molecule has 0 atom stereocenters. The predicted octanol–water partition coefficient (Wildman–Crippen LogP) is 3.19.